The minimum atomic E-state index is -0.996. The zero-order valence-electron chi connectivity index (χ0n) is 22.0. The summed E-state index contributed by atoms with van der Waals surface area (Å²) in [4.78, 5) is 52.0. The number of aliphatic hydroxyl groups excluding tert-OH is 1. The lowest BCUT2D eigenvalue weighted by Crippen LogP contribution is -2.45. The van der Waals surface area contributed by atoms with Gasteiger partial charge in [-0.1, -0.05) is 42.5 Å². The number of amides is 3. The molecule has 10 nitrogen and oxygen atoms in total. The quantitative estimate of drug-likeness (QED) is 0.235. The van der Waals surface area contributed by atoms with Crippen LogP contribution in [-0.4, -0.2) is 71.8 Å². The molecular formula is C28H39N3O7. The van der Waals surface area contributed by atoms with E-state index in [0.717, 1.165) is 18.4 Å². The van der Waals surface area contributed by atoms with Crippen molar-refractivity contribution in [3.05, 3.63) is 61.2 Å². The SMILES string of the molecule is C=CC[C@@H](CC(=O)N1CCC[C@H]1CO)C(=O)N[C@@H](C)COC(=O)[C@@H](CC=C)NC(=O)OCc1ccccc1. The summed E-state index contributed by atoms with van der Waals surface area (Å²) in [6.07, 6.45) is 4.30. The van der Waals surface area contributed by atoms with Crippen LogP contribution in [0, 0.1) is 5.92 Å². The molecule has 1 heterocycles. The lowest BCUT2D eigenvalue weighted by molar-refractivity contribution is -0.147. The maximum Gasteiger partial charge on any atom is 0.408 e. The maximum absolute atomic E-state index is 12.9. The Morgan fingerprint density at radius 1 is 1.11 bits per heavy atom. The van der Waals surface area contributed by atoms with Crippen LogP contribution >= 0.6 is 0 Å². The number of carbonyl (C=O) groups is 4. The van der Waals surface area contributed by atoms with Crippen LogP contribution in [0.1, 0.15) is 44.6 Å². The Morgan fingerprint density at radius 3 is 2.47 bits per heavy atom. The molecule has 1 saturated heterocycles. The standard InChI is InChI=1S/C28H39N3O7/c1-4-10-22(16-25(33)31-15-9-14-23(31)17-32)26(34)29-20(3)18-37-27(35)24(11-5-2)30-28(36)38-19-21-12-7-6-8-13-21/h4-8,12-13,20,22-24,32H,1-2,9-11,14-19H2,3H3,(H,29,34)(H,30,36)/t20-,22-,23-,24+/m0/s1. The van der Waals surface area contributed by atoms with Gasteiger partial charge in [0.1, 0.15) is 19.3 Å². The van der Waals surface area contributed by atoms with Crippen molar-refractivity contribution in [1.82, 2.24) is 15.5 Å². The molecule has 1 fully saturated rings. The van der Waals surface area contributed by atoms with Crippen LogP contribution < -0.4 is 10.6 Å². The Hall–Kier alpha value is -3.66. The van der Waals surface area contributed by atoms with Crippen molar-refractivity contribution in [2.75, 3.05) is 19.8 Å². The highest BCUT2D eigenvalue weighted by Crippen LogP contribution is 2.21. The van der Waals surface area contributed by atoms with E-state index in [1.807, 2.05) is 30.3 Å². The van der Waals surface area contributed by atoms with Crippen LogP contribution in [0.4, 0.5) is 4.79 Å². The number of nitrogens with one attached hydrogen (secondary N) is 2. The molecule has 4 atom stereocenters. The van der Waals surface area contributed by atoms with Gasteiger partial charge in [-0.15, -0.1) is 13.2 Å². The van der Waals surface area contributed by atoms with Gasteiger partial charge in [0.05, 0.1) is 24.6 Å². The van der Waals surface area contributed by atoms with Crippen molar-refractivity contribution >= 4 is 23.9 Å². The summed E-state index contributed by atoms with van der Waals surface area (Å²) in [7, 11) is 0. The summed E-state index contributed by atoms with van der Waals surface area (Å²) in [6.45, 7) is 9.35. The molecule has 1 aromatic rings. The number of nitrogens with zero attached hydrogens (tertiary/aromatic N) is 1. The second-order valence-electron chi connectivity index (χ2n) is 9.31. The number of alkyl carbamates (subject to hydrolysis) is 1. The fourth-order valence-electron chi connectivity index (χ4n) is 4.16. The molecule has 0 radical (unpaired) electrons. The van der Waals surface area contributed by atoms with Gasteiger partial charge in [-0.2, -0.15) is 0 Å². The molecule has 0 spiro atoms. The Kier molecular flexibility index (Phi) is 13.1. The third kappa shape index (κ3) is 10.0. The van der Waals surface area contributed by atoms with E-state index in [4.69, 9.17) is 9.47 Å². The fourth-order valence-corrected chi connectivity index (χ4v) is 4.16. The van der Waals surface area contributed by atoms with Crippen LogP contribution in [0.3, 0.4) is 0 Å². The smallest absolute Gasteiger partial charge is 0.408 e. The molecule has 0 bridgehead atoms. The molecule has 0 aliphatic carbocycles. The average Bonchev–Trinajstić information content (AvgIpc) is 3.40. The summed E-state index contributed by atoms with van der Waals surface area (Å²) in [6, 6.07) is 7.38. The number of ether oxygens (including phenoxy) is 2. The molecule has 3 N–H and O–H groups in total. The van der Waals surface area contributed by atoms with Crippen LogP contribution in [0.15, 0.2) is 55.6 Å². The molecule has 1 aliphatic rings. The monoisotopic (exact) mass is 529 g/mol. The van der Waals surface area contributed by atoms with Gasteiger partial charge in [-0.25, -0.2) is 9.59 Å². The number of rotatable bonds is 15. The van der Waals surface area contributed by atoms with Crippen molar-refractivity contribution in [2.45, 2.75) is 63.8 Å². The highest BCUT2D eigenvalue weighted by molar-refractivity contribution is 5.86. The van der Waals surface area contributed by atoms with Gasteiger partial charge in [0.25, 0.3) is 0 Å². The Balaban J connectivity index is 1.82. The number of aliphatic hydroxyl groups is 1. The Morgan fingerprint density at radius 2 is 1.82 bits per heavy atom. The van der Waals surface area contributed by atoms with Gasteiger partial charge >= 0.3 is 12.1 Å². The summed E-state index contributed by atoms with van der Waals surface area (Å²) in [5.41, 5.74) is 0.806. The van der Waals surface area contributed by atoms with Crippen LogP contribution in [-0.2, 0) is 30.5 Å². The molecule has 1 aliphatic heterocycles. The molecule has 10 heteroatoms. The number of carbonyl (C=O) groups excluding carboxylic acids is 4. The third-order valence-corrected chi connectivity index (χ3v) is 6.21. The molecule has 0 unspecified atom stereocenters. The van der Waals surface area contributed by atoms with Crippen molar-refractivity contribution in [1.29, 1.82) is 0 Å². The number of hydrogen-bond donors (Lipinski definition) is 3. The first-order valence-electron chi connectivity index (χ1n) is 12.8. The van der Waals surface area contributed by atoms with E-state index >= 15 is 0 Å². The number of allylic oxidation sites excluding steroid dienone is 1. The van der Waals surface area contributed by atoms with Gasteiger partial charge in [-0.05, 0) is 38.2 Å². The normalized spacial score (nSPS) is 17.0. The van der Waals surface area contributed by atoms with E-state index in [2.05, 4.69) is 23.8 Å². The lowest BCUT2D eigenvalue weighted by atomic mass is 9.99. The minimum Gasteiger partial charge on any atom is -0.462 e. The van der Waals surface area contributed by atoms with E-state index in [-0.39, 0.29) is 50.5 Å². The zero-order valence-corrected chi connectivity index (χ0v) is 22.0. The van der Waals surface area contributed by atoms with E-state index in [1.54, 1.807) is 17.9 Å². The molecule has 38 heavy (non-hydrogen) atoms. The first-order chi connectivity index (χ1) is 18.3. The minimum absolute atomic E-state index is 0.00270. The van der Waals surface area contributed by atoms with Crippen molar-refractivity contribution in [3.8, 4) is 0 Å². The maximum atomic E-state index is 12.9. The number of esters is 1. The summed E-state index contributed by atoms with van der Waals surface area (Å²) >= 11 is 0. The second kappa shape index (κ2) is 16.2. The third-order valence-electron chi connectivity index (χ3n) is 6.21. The predicted octanol–water partition coefficient (Wildman–Crippen LogP) is 2.47. The summed E-state index contributed by atoms with van der Waals surface area (Å²) < 4.78 is 10.5. The molecule has 208 valence electrons. The van der Waals surface area contributed by atoms with Crippen molar-refractivity contribution in [3.63, 3.8) is 0 Å². The van der Waals surface area contributed by atoms with Crippen molar-refractivity contribution in [2.24, 2.45) is 5.92 Å². The van der Waals surface area contributed by atoms with Crippen LogP contribution in [0.2, 0.25) is 0 Å². The van der Waals surface area contributed by atoms with Crippen molar-refractivity contribution < 1.29 is 33.8 Å². The fraction of sp³-hybridized carbons (Fsp3) is 0.500. The molecule has 2 rings (SSSR count). The van der Waals surface area contributed by atoms with Gasteiger partial charge in [-0.3, -0.25) is 9.59 Å². The average molecular weight is 530 g/mol. The van der Waals surface area contributed by atoms with E-state index in [9.17, 15) is 24.3 Å². The van der Waals surface area contributed by atoms with Gasteiger partial charge in [0, 0.05) is 13.0 Å². The van der Waals surface area contributed by atoms with Crippen LogP contribution in [0.5, 0.6) is 0 Å². The number of hydrogen-bond acceptors (Lipinski definition) is 7. The first-order valence-corrected chi connectivity index (χ1v) is 12.8. The molecule has 1 aromatic carbocycles. The Bertz CT molecular complexity index is 953. The Labute approximate surface area is 224 Å². The van der Waals surface area contributed by atoms with Gasteiger partial charge in [0.2, 0.25) is 11.8 Å². The zero-order chi connectivity index (χ0) is 27.9. The second-order valence-corrected chi connectivity index (χ2v) is 9.31. The van der Waals surface area contributed by atoms with Gasteiger partial charge in [0.15, 0.2) is 0 Å². The summed E-state index contributed by atoms with van der Waals surface area (Å²) in [5, 5.41) is 14.7. The van der Waals surface area contributed by atoms with E-state index in [0.29, 0.717) is 13.0 Å². The molecular weight excluding hydrogens is 490 g/mol. The largest absolute Gasteiger partial charge is 0.462 e. The van der Waals surface area contributed by atoms with E-state index < -0.39 is 30.1 Å². The summed E-state index contributed by atoms with van der Waals surface area (Å²) in [5.74, 6) is -1.86. The molecule has 3 amide bonds. The predicted molar refractivity (Wildman–Crippen MR) is 142 cm³/mol. The van der Waals surface area contributed by atoms with Crippen LogP contribution in [0.25, 0.3) is 0 Å². The number of benzene rings is 1. The molecule has 0 saturated carbocycles. The first kappa shape index (κ1) is 30.6. The topological polar surface area (TPSA) is 134 Å². The van der Waals surface area contributed by atoms with E-state index in [1.165, 1.54) is 6.08 Å². The van der Waals surface area contributed by atoms with Gasteiger partial charge < -0.3 is 30.1 Å². The molecule has 0 aromatic heterocycles. The highest BCUT2D eigenvalue weighted by Gasteiger charge is 2.31. The lowest BCUT2D eigenvalue weighted by Gasteiger charge is -2.26. The highest BCUT2D eigenvalue weighted by atomic mass is 16.6. The number of likely N-dealkylation sites (tertiary alicyclic amines) is 1.